The van der Waals surface area contributed by atoms with Gasteiger partial charge in [0.05, 0.1) is 6.17 Å². The molecule has 1 unspecified atom stereocenters. The first kappa shape index (κ1) is 21.3. The van der Waals surface area contributed by atoms with Gasteiger partial charge in [0, 0.05) is 71.1 Å². The minimum Gasteiger partial charge on any atom is -0.388 e. The number of pyridine rings is 1. The summed E-state index contributed by atoms with van der Waals surface area (Å²) < 4.78 is 0. The summed E-state index contributed by atoms with van der Waals surface area (Å²) in [4.78, 5) is 11.7. The van der Waals surface area contributed by atoms with Gasteiger partial charge in [-0.15, -0.1) is 0 Å². The van der Waals surface area contributed by atoms with Crippen molar-refractivity contribution in [3.63, 3.8) is 0 Å². The van der Waals surface area contributed by atoms with Crippen LogP contribution in [0.2, 0.25) is 0 Å². The SMILES string of the molecule is CNc1ccccc1CN1CCCN(Cc2ccccc2N(C)C)C1c1ccncc1. The molecular formula is C26H33N5. The number of anilines is 2. The Morgan fingerprint density at radius 3 is 2.16 bits per heavy atom. The van der Waals surface area contributed by atoms with Gasteiger partial charge in [-0.25, -0.2) is 0 Å². The van der Waals surface area contributed by atoms with Gasteiger partial charge >= 0.3 is 0 Å². The van der Waals surface area contributed by atoms with E-state index in [1.165, 1.54) is 28.1 Å². The van der Waals surface area contributed by atoms with Crippen molar-refractivity contribution in [2.24, 2.45) is 0 Å². The van der Waals surface area contributed by atoms with Crippen LogP contribution in [0.5, 0.6) is 0 Å². The molecule has 4 rings (SSSR count). The summed E-state index contributed by atoms with van der Waals surface area (Å²) in [5, 5.41) is 3.35. The van der Waals surface area contributed by atoms with E-state index in [9.17, 15) is 0 Å². The van der Waals surface area contributed by atoms with Gasteiger partial charge in [0.1, 0.15) is 0 Å². The van der Waals surface area contributed by atoms with Crippen LogP contribution in [0, 0.1) is 0 Å². The van der Waals surface area contributed by atoms with E-state index in [0.29, 0.717) is 0 Å². The van der Waals surface area contributed by atoms with Crippen LogP contribution >= 0.6 is 0 Å². The zero-order valence-corrected chi connectivity index (χ0v) is 18.8. The maximum Gasteiger partial charge on any atom is 0.0893 e. The average molecular weight is 416 g/mol. The summed E-state index contributed by atoms with van der Waals surface area (Å²) in [6.45, 7) is 4.00. The third-order valence-corrected chi connectivity index (χ3v) is 6.09. The molecule has 0 aliphatic carbocycles. The van der Waals surface area contributed by atoms with Crippen molar-refractivity contribution in [3.05, 3.63) is 89.7 Å². The van der Waals surface area contributed by atoms with Crippen molar-refractivity contribution in [3.8, 4) is 0 Å². The fraction of sp³-hybridized carbons (Fsp3) is 0.346. The number of rotatable bonds is 7. The Morgan fingerprint density at radius 1 is 0.871 bits per heavy atom. The summed E-state index contributed by atoms with van der Waals surface area (Å²) in [5.41, 5.74) is 6.49. The number of hydrogen-bond acceptors (Lipinski definition) is 5. The van der Waals surface area contributed by atoms with E-state index in [-0.39, 0.29) is 6.17 Å². The average Bonchev–Trinajstić information content (AvgIpc) is 2.80. The van der Waals surface area contributed by atoms with Crippen molar-refractivity contribution in [2.75, 3.05) is 44.4 Å². The van der Waals surface area contributed by atoms with Crippen LogP contribution in [0.1, 0.15) is 29.3 Å². The maximum atomic E-state index is 4.27. The second kappa shape index (κ2) is 9.94. The quantitative estimate of drug-likeness (QED) is 0.610. The number of benzene rings is 2. The van der Waals surface area contributed by atoms with Crippen LogP contribution < -0.4 is 10.2 Å². The van der Waals surface area contributed by atoms with Crippen molar-refractivity contribution in [1.29, 1.82) is 0 Å². The van der Waals surface area contributed by atoms with E-state index in [2.05, 4.69) is 99.8 Å². The molecule has 1 saturated heterocycles. The van der Waals surface area contributed by atoms with Gasteiger partial charge in [0.2, 0.25) is 0 Å². The molecular weight excluding hydrogens is 382 g/mol. The monoisotopic (exact) mass is 415 g/mol. The lowest BCUT2D eigenvalue weighted by molar-refractivity contribution is -0.00893. The molecule has 1 aliphatic heterocycles. The smallest absolute Gasteiger partial charge is 0.0893 e. The van der Waals surface area contributed by atoms with Crippen LogP contribution in [0.4, 0.5) is 11.4 Å². The third-order valence-electron chi connectivity index (χ3n) is 6.09. The molecule has 0 spiro atoms. The standard InChI is InChI=1S/C26H33N5/c1-27-24-11-6-4-9-22(24)19-30-17-8-18-31(26(30)21-13-15-28-16-14-21)20-23-10-5-7-12-25(23)29(2)3/h4-7,9-16,26-27H,8,17-20H2,1-3H3. The first-order valence-corrected chi connectivity index (χ1v) is 11.1. The van der Waals surface area contributed by atoms with Crippen molar-refractivity contribution < 1.29 is 0 Å². The van der Waals surface area contributed by atoms with E-state index in [1.54, 1.807) is 0 Å². The van der Waals surface area contributed by atoms with Gasteiger partial charge in [-0.1, -0.05) is 36.4 Å². The zero-order chi connectivity index (χ0) is 21.6. The van der Waals surface area contributed by atoms with Gasteiger partial charge in [-0.3, -0.25) is 14.8 Å². The molecule has 3 aromatic rings. The van der Waals surface area contributed by atoms with Gasteiger partial charge in [0.25, 0.3) is 0 Å². The highest BCUT2D eigenvalue weighted by Crippen LogP contribution is 2.34. The second-order valence-electron chi connectivity index (χ2n) is 8.38. The lowest BCUT2D eigenvalue weighted by Crippen LogP contribution is -2.47. The molecule has 5 heteroatoms. The maximum absolute atomic E-state index is 4.27. The lowest BCUT2D eigenvalue weighted by Gasteiger charge is -2.44. The van der Waals surface area contributed by atoms with Crippen molar-refractivity contribution in [2.45, 2.75) is 25.7 Å². The Morgan fingerprint density at radius 2 is 1.48 bits per heavy atom. The number of para-hydroxylation sites is 2. The van der Waals surface area contributed by atoms with Gasteiger partial charge < -0.3 is 10.2 Å². The molecule has 2 heterocycles. The molecule has 0 amide bonds. The molecule has 0 bridgehead atoms. The summed E-state index contributed by atoms with van der Waals surface area (Å²) >= 11 is 0. The highest BCUT2D eigenvalue weighted by Gasteiger charge is 2.31. The first-order chi connectivity index (χ1) is 15.2. The Hall–Kier alpha value is -2.89. The number of nitrogens with one attached hydrogen (secondary N) is 1. The second-order valence-corrected chi connectivity index (χ2v) is 8.38. The van der Waals surface area contributed by atoms with Gasteiger partial charge in [0.15, 0.2) is 0 Å². The minimum atomic E-state index is 0.219. The van der Waals surface area contributed by atoms with E-state index in [1.807, 2.05) is 19.4 Å². The zero-order valence-electron chi connectivity index (χ0n) is 18.8. The molecule has 1 fully saturated rings. The fourth-order valence-corrected chi connectivity index (χ4v) is 4.66. The van der Waals surface area contributed by atoms with Crippen LogP contribution in [0.25, 0.3) is 0 Å². The molecule has 0 radical (unpaired) electrons. The third kappa shape index (κ3) is 4.89. The van der Waals surface area contributed by atoms with E-state index < -0.39 is 0 Å². The first-order valence-electron chi connectivity index (χ1n) is 11.1. The normalized spacial score (nSPS) is 17.5. The Kier molecular flexibility index (Phi) is 6.85. The summed E-state index contributed by atoms with van der Waals surface area (Å²) in [7, 11) is 6.24. The lowest BCUT2D eigenvalue weighted by atomic mass is 10.0. The molecule has 1 aromatic heterocycles. The summed E-state index contributed by atoms with van der Waals surface area (Å²) in [6.07, 6.45) is 5.20. The topological polar surface area (TPSA) is 34.6 Å². The summed E-state index contributed by atoms with van der Waals surface area (Å²) in [5.74, 6) is 0. The molecule has 2 aromatic carbocycles. The number of aromatic nitrogens is 1. The van der Waals surface area contributed by atoms with E-state index in [4.69, 9.17) is 0 Å². The Balaban J connectivity index is 1.66. The van der Waals surface area contributed by atoms with Crippen LogP contribution in [0.15, 0.2) is 73.1 Å². The van der Waals surface area contributed by atoms with E-state index in [0.717, 1.165) is 32.6 Å². The minimum absolute atomic E-state index is 0.219. The molecule has 1 aliphatic rings. The highest BCUT2D eigenvalue weighted by molar-refractivity contribution is 5.52. The molecule has 1 N–H and O–H groups in total. The summed E-state index contributed by atoms with van der Waals surface area (Å²) in [6, 6.07) is 21.7. The van der Waals surface area contributed by atoms with E-state index >= 15 is 0 Å². The fourth-order valence-electron chi connectivity index (χ4n) is 4.66. The van der Waals surface area contributed by atoms with Gasteiger partial charge in [-0.05, 0) is 47.4 Å². The number of hydrogen-bond donors (Lipinski definition) is 1. The molecule has 0 saturated carbocycles. The highest BCUT2D eigenvalue weighted by atomic mass is 15.4. The largest absolute Gasteiger partial charge is 0.388 e. The predicted molar refractivity (Wildman–Crippen MR) is 129 cm³/mol. The molecule has 31 heavy (non-hydrogen) atoms. The molecule has 1 atom stereocenters. The van der Waals surface area contributed by atoms with Crippen LogP contribution in [-0.2, 0) is 13.1 Å². The van der Waals surface area contributed by atoms with Crippen molar-refractivity contribution in [1.82, 2.24) is 14.8 Å². The number of nitrogens with zero attached hydrogens (tertiary/aromatic N) is 4. The Bertz CT molecular complexity index is 972. The van der Waals surface area contributed by atoms with Crippen LogP contribution in [-0.4, -0.2) is 49.0 Å². The Labute approximate surface area is 186 Å². The molecule has 162 valence electrons. The van der Waals surface area contributed by atoms with Crippen molar-refractivity contribution >= 4 is 11.4 Å². The molecule has 5 nitrogen and oxygen atoms in total. The van der Waals surface area contributed by atoms with Crippen LogP contribution in [0.3, 0.4) is 0 Å². The van der Waals surface area contributed by atoms with Gasteiger partial charge in [-0.2, -0.15) is 0 Å². The predicted octanol–water partition coefficient (Wildman–Crippen LogP) is 4.60.